The molecule has 0 saturated carbocycles. The van der Waals surface area contributed by atoms with Gasteiger partial charge < -0.3 is 9.42 Å². The lowest BCUT2D eigenvalue weighted by Crippen LogP contribution is -2.43. The average Bonchev–Trinajstić information content (AvgIpc) is 2.98. The quantitative estimate of drug-likeness (QED) is 0.671. The highest BCUT2D eigenvalue weighted by molar-refractivity contribution is 6.33. The van der Waals surface area contributed by atoms with Gasteiger partial charge in [0.2, 0.25) is 0 Å². The number of likely N-dealkylation sites (tertiary alicyclic amines) is 1. The van der Waals surface area contributed by atoms with E-state index in [9.17, 15) is 9.59 Å². The third kappa shape index (κ3) is 3.25. The molecule has 0 aliphatic carbocycles. The number of hydrogen-bond donors (Lipinski definition) is 0. The van der Waals surface area contributed by atoms with Crippen LogP contribution in [0.4, 0.5) is 0 Å². The Balaban J connectivity index is 1.74. The Morgan fingerprint density at radius 3 is 2.85 bits per heavy atom. The molecule has 2 aromatic heterocycles. The van der Waals surface area contributed by atoms with E-state index >= 15 is 0 Å². The number of rotatable bonds is 2. The summed E-state index contributed by atoms with van der Waals surface area (Å²) < 4.78 is 6.71. The molecule has 1 aliphatic rings. The molecule has 27 heavy (non-hydrogen) atoms. The summed E-state index contributed by atoms with van der Waals surface area (Å²) in [7, 11) is 0. The lowest BCUT2D eigenvalue weighted by molar-refractivity contribution is 0.0583. The van der Waals surface area contributed by atoms with E-state index in [2.05, 4.69) is 18.8 Å². The molecular formula is C20H20ClN3O3. The van der Waals surface area contributed by atoms with Crippen LogP contribution < -0.4 is 5.56 Å². The molecule has 0 spiro atoms. The van der Waals surface area contributed by atoms with Crippen LogP contribution in [0.25, 0.3) is 16.8 Å². The number of piperidine rings is 1. The van der Waals surface area contributed by atoms with Gasteiger partial charge in [-0.1, -0.05) is 25.4 Å². The Bertz CT molecular complexity index is 1080. The maximum absolute atomic E-state index is 13.1. The summed E-state index contributed by atoms with van der Waals surface area (Å²) in [5.41, 5.74) is 0.828. The van der Waals surface area contributed by atoms with Gasteiger partial charge in [0.05, 0.1) is 16.3 Å². The monoisotopic (exact) mass is 385 g/mol. The van der Waals surface area contributed by atoms with Gasteiger partial charge in [0, 0.05) is 19.3 Å². The van der Waals surface area contributed by atoms with Crippen LogP contribution in [0.1, 0.15) is 37.0 Å². The van der Waals surface area contributed by atoms with Gasteiger partial charge in [0.25, 0.3) is 17.2 Å². The first-order valence-corrected chi connectivity index (χ1v) is 9.30. The molecule has 3 aromatic rings. The van der Waals surface area contributed by atoms with Crippen molar-refractivity contribution in [3.63, 3.8) is 0 Å². The van der Waals surface area contributed by atoms with Crippen molar-refractivity contribution in [1.82, 2.24) is 14.6 Å². The van der Waals surface area contributed by atoms with E-state index in [0.29, 0.717) is 34.7 Å². The Morgan fingerprint density at radius 2 is 2.11 bits per heavy atom. The van der Waals surface area contributed by atoms with Crippen LogP contribution in [0.3, 0.4) is 0 Å². The zero-order valence-electron chi connectivity index (χ0n) is 15.2. The van der Waals surface area contributed by atoms with Gasteiger partial charge in [-0.3, -0.25) is 9.59 Å². The third-order valence-electron chi connectivity index (χ3n) is 4.97. The minimum atomic E-state index is -0.321. The lowest BCUT2D eigenvalue weighted by atomic mass is 9.84. The Kier molecular flexibility index (Phi) is 4.30. The lowest BCUT2D eigenvalue weighted by Gasteiger charge is -2.38. The van der Waals surface area contributed by atoms with Crippen LogP contribution in [0, 0.1) is 5.41 Å². The number of nitrogens with zero attached hydrogens (tertiary/aromatic N) is 3. The fourth-order valence-corrected chi connectivity index (χ4v) is 3.80. The van der Waals surface area contributed by atoms with Crippen molar-refractivity contribution in [3.05, 3.63) is 57.5 Å². The minimum Gasteiger partial charge on any atom is -0.350 e. The second-order valence-electron chi connectivity index (χ2n) is 7.71. The number of benzene rings is 1. The van der Waals surface area contributed by atoms with E-state index in [1.807, 2.05) is 4.90 Å². The summed E-state index contributed by atoms with van der Waals surface area (Å²) in [5.74, 6) is -0.128. The first kappa shape index (κ1) is 17.8. The summed E-state index contributed by atoms with van der Waals surface area (Å²) in [6, 6.07) is 8.21. The Labute approximate surface area is 161 Å². The predicted molar refractivity (Wildman–Crippen MR) is 104 cm³/mol. The van der Waals surface area contributed by atoms with Crippen molar-refractivity contribution in [2.45, 2.75) is 26.7 Å². The predicted octanol–water partition coefficient (Wildman–Crippen LogP) is 3.89. The number of pyridine rings is 1. The number of halogens is 1. The van der Waals surface area contributed by atoms with Gasteiger partial charge in [-0.15, -0.1) is 4.74 Å². The number of hydrogen-bond acceptors (Lipinski definition) is 4. The molecule has 0 N–H and O–H groups in total. The molecule has 7 heteroatoms. The van der Waals surface area contributed by atoms with Crippen molar-refractivity contribution < 1.29 is 9.32 Å². The zero-order chi connectivity index (χ0) is 19.2. The van der Waals surface area contributed by atoms with Gasteiger partial charge in [-0.25, -0.2) is 4.98 Å². The molecule has 0 atom stereocenters. The van der Waals surface area contributed by atoms with E-state index in [-0.39, 0.29) is 22.6 Å². The molecule has 3 heterocycles. The first-order chi connectivity index (χ1) is 12.9. The summed E-state index contributed by atoms with van der Waals surface area (Å²) in [6.45, 7) is 5.70. The average molecular weight is 386 g/mol. The van der Waals surface area contributed by atoms with Crippen LogP contribution >= 0.6 is 11.6 Å². The van der Waals surface area contributed by atoms with Gasteiger partial charge in [-0.05, 0) is 48.6 Å². The number of carbonyl (C=O) groups is 1. The summed E-state index contributed by atoms with van der Waals surface area (Å²) in [6.07, 6.45) is 3.61. The summed E-state index contributed by atoms with van der Waals surface area (Å²) in [4.78, 5) is 31.5. The van der Waals surface area contributed by atoms with Crippen molar-refractivity contribution in [2.75, 3.05) is 13.1 Å². The Morgan fingerprint density at radius 1 is 1.30 bits per heavy atom. The topological polar surface area (TPSA) is 68.3 Å². The Hall–Kier alpha value is -2.60. The normalized spacial score (nSPS) is 16.6. The number of carbonyl (C=O) groups excluding carboxylic acids is 1. The molecule has 0 radical (unpaired) electrons. The zero-order valence-corrected chi connectivity index (χ0v) is 16.0. The van der Waals surface area contributed by atoms with Crippen molar-refractivity contribution >= 4 is 28.6 Å². The van der Waals surface area contributed by atoms with Crippen molar-refractivity contribution in [3.8, 4) is 5.69 Å². The molecule has 1 aromatic carbocycles. The molecule has 140 valence electrons. The van der Waals surface area contributed by atoms with Crippen LogP contribution in [0.2, 0.25) is 5.02 Å². The molecule has 4 rings (SSSR count). The molecular weight excluding hydrogens is 366 g/mol. The maximum atomic E-state index is 13.1. The van der Waals surface area contributed by atoms with Crippen LogP contribution in [0.15, 0.2) is 45.8 Å². The SMILES string of the molecule is CC1(C)CCCN(C(=O)c2cc(-n3oc4ncccc4c3=O)ccc2Cl)C1. The third-order valence-corrected chi connectivity index (χ3v) is 5.30. The molecule has 6 nitrogen and oxygen atoms in total. The number of amides is 1. The van der Waals surface area contributed by atoms with E-state index in [1.54, 1.807) is 36.5 Å². The van der Waals surface area contributed by atoms with Gasteiger partial charge in [0.15, 0.2) is 0 Å². The molecule has 1 fully saturated rings. The standard InChI is InChI=1S/C20H20ClN3O3/c1-20(2)8-4-10-23(12-20)18(25)15-11-13(6-7-16(15)21)24-19(26)14-5-3-9-22-17(14)27-24/h3,5-7,9,11H,4,8,10,12H2,1-2H3. The molecule has 1 amide bonds. The molecule has 1 aliphatic heterocycles. The van der Waals surface area contributed by atoms with Crippen LogP contribution in [-0.4, -0.2) is 33.6 Å². The van der Waals surface area contributed by atoms with Gasteiger partial charge in [0.1, 0.15) is 5.39 Å². The molecule has 0 unspecified atom stereocenters. The highest BCUT2D eigenvalue weighted by Crippen LogP contribution is 2.30. The van der Waals surface area contributed by atoms with E-state index in [0.717, 1.165) is 17.6 Å². The van der Waals surface area contributed by atoms with Crippen molar-refractivity contribution in [2.24, 2.45) is 5.41 Å². The van der Waals surface area contributed by atoms with Crippen molar-refractivity contribution in [1.29, 1.82) is 0 Å². The maximum Gasteiger partial charge on any atom is 0.296 e. The number of fused-ring (bicyclic) bond motifs is 1. The fraction of sp³-hybridized carbons (Fsp3) is 0.350. The molecule has 1 saturated heterocycles. The van der Waals surface area contributed by atoms with E-state index in [4.69, 9.17) is 16.1 Å². The highest BCUT2D eigenvalue weighted by atomic mass is 35.5. The second-order valence-corrected chi connectivity index (χ2v) is 8.11. The fourth-order valence-electron chi connectivity index (χ4n) is 3.60. The van der Waals surface area contributed by atoms with Gasteiger partial charge in [-0.2, -0.15) is 0 Å². The van der Waals surface area contributed by atoms with Crippen LogP contribution in [-0.2, 0) is 0 Å². The second kappa shape index (κ2) is 6.53. The summed E-state index contributed by atoms with van der Waals surface area (Å²) >= 11 is 6.31. The highest BCUT2D eigenvalue weighted by Gasteiger charge is 2.30. The van der Waals surface area contributed by atoms with E-state index < -0.39 is 0 Å². The van der Waals surface area contributed by atoms with Gasteiger partial charge >= 0.3 is 0 Å². The minimum absolute atomic E-state index is 0.0827. The largest absolute Gasteiger partial charge is 0.350 e. The van der Waals surface area contributed by atoms with Crippen LogP contribution in [0.5, 0.6) is 0 Å². The summed E-state index contributed by atoms with van der Waals surface area (Å²) in [5, 5.41) is 0.743. The first-order valence-electron chi connectivity index (χ1n) is 8.92. The smallest absolute Gasteiger partial charge is 0.296 e. The molecule has 0 bridgehead atoms. The number of aromatic nitrogens is 2. The van der Waals surface area contributed by atoms with E-state index in [1.165, 1.54) is 0 Å².